The van der Waals surface area contributed by atoms with Gasteiger partial charge in [-0.2, -0.15) is 0 Å². The second-order valence-corrected chi connectivity index (χ2v) is 10.4. The Bertz CT molecular complexity index is 1640. The Kier molecular flexibility index (Phi) is 7.11. The quantitative estimate of drug-likeness (QED) is 0.168. The Morgan fingerprint density at radius 3 is 2.03 bits per heavy atom. The molecule has 6 heteroatoms. The van der Waals surface area contributed by atoms with Crippen LogP contribution in [-0.4, -0.2) is 15.5 Å². The topological polar surface area (TPSA) is 44.1 Å². The molecule has 5 rings (SSSR count). The standard InChI is InChI=1S/C33H28F2N2O2/c1-33(2,3)25-14-8-22(9-15-25)21-37-29-7-5-4-6-28(29)36-31(37)20-30(23-10-16-26(34)17-11-23)39-32(38)24-12-18-27(35)19-13-24/h4-20H,21H2,1-3H3. The lowest BCUT2D eigenvalue weighted by Crippen LogP contribution is -2.11. The molecule has 0 bridgehead atoms. The molecule has 39 heavy (non-hydrogen) atoms. The zero-order valence-corrected chi connectivity index (χ0v) is 22.0. The first-order chi connectivity index (χ1) is 18.7. The summed E-state index contributed by atoms with van der Waals surface area (Å²) in [6, 6.07) is 27.1. The summed E-state index contributed by atoms with van der Waals surface area (Å²) in [4.78, 5) is 17.8. The first-order valence-electron chi connectivity index (χ1n) is 12.7. The van der Waals surface area contributed by atoms with Crippen molar-refractivity contribution in [2.45, 2.75) is 32.7 Å². The van der Waals surface area contributed by atoms with Crippen LogP contribution < -0.4 is 0 Å². The van der Waals surface area contributed by atoms with Gasteiger partial charge in [0.25, 0.3) is 0 Å². The molecule has 0 radical (unpaired) electrons. The second kappa shape index (κ2) is 10.7. The van der Waals surface area contributed by atoms with E-state index in [9.17, 15) is 13.6 Å². The molecule has 0 aliphatic rings. The van der Waals surface area contributed by atoms with Crippen molar-refractivity contribution in [1.82, 2.24) is 9.55 Å². The maximum Gasteiger partial charge on any atom is 0.343 e. The number of imidazole rings is 1. The minimum absolute atomic E-state index is 0.0482. The summed E-state index contributed by atoms with van der Waals surface area (Å²) in [7, 11) is 0. The third-order valence-corrected chi connectivity index (χ3v) is 6.52. The Hall–Kier alpha value is -4.58. The Morgan fingerprint density at radius 1 is 0.821 bits per heavy atom. The molecule has 1 heterocycles. The van der Waals surface area contributed by atoms with Crippen molar-refractivity contribution in [2.75, 3.05) is 0 Å². The molecular formula is C33H28F2N2O2. The first-order valence-corrected chi connectivity index (χ1v) is 12.7. The van der Waals surface area contributed by atoms with E-state index in [1.54, 1.807) is 6.08 Å². The summed E-state index contributed by atoms with van der Waals surface area (Å²) in [5.74, 6) is -0.753. The zero-order valence-electron chi connectivity index (χ0n) is 22.0. The van der Waals surface area contributed by atoms with E-state index in [2.05, 4.69) is 49.6 Å². The predicted octanol–water partition coefficient (Wildman–Crippen LogP) is 8.02. The van der Waals surface area contributed by atoms with Crippen LogP contribution in [0.2, 0.25) is 0 Å². The fourth-order valence-electron chi connectivity index (χ4n) is 4.31. The molecular weight excluding hydrogens is 494 g/mol. The molecule has 1 aromatic heterocycles. The monoisotopic (exact) mass is 522 g/mol. The van der Waals surface area contributed by atoms with Crippen LogP contribution >= 0.6 is 0 Å². The average molecular weight is 523 g/mol. The fraction of sp³-hybridized carbons (Fsp3) is 0.152. The number of ether oxygens (including phenoxy) is 1. The van der Waals surface area contributed by atoms with Crippen molar-refractivity contribution in [3.05, 3.63) is 137 Å². The van der Waals surface area contributed by atoms with Gasteiger partial charge in [-0.1, -0.05) is 57.2 Å². The predicted molar refractivity (Wildman–Crippen MR) is 150 cm³/mol. The highest BCUT2D eigenvalue weighted by atomic mass is 19.1. The van der Waals surface area contributed by atoms with Crippen LogP contribution in [0.3, 0.4) is 0 Å². The molecule has 0 aliphatic heterocycles. The number of halogens is 2. The fourth-order valence-corrected chi connectivity index (χ4v) is 4.31. The van der Waals surface area contributed by atoms with E-state index >= 15 is 0 Å². The van der Waals surface area contributed by atoms with Crippen molar-refractivity contribution >= 4 is 28.8 Å². The normalized spacial score (nSPS) is 12.1. The van der Waals surface area contributed by atoms with Crippen molar-refractivity contribution in [3.63, 3.8) is 0 Å². The van der Waals surface area contributed by atoms with E-state index in [1.165, 1.54) is 54.1 Å². The van der Waals surface area contributed by atoms with Gasteiger partial charge in [0.05, 0.1) is 16.6 Å². The van der Waals surface area contributed by atoms with Crippen LogP contribution in [0.1, 0.15) is 53.6 Å². The summed E-state index contributed by atoms with van der Waals surface area (Å²) in [6.07, 6.45) is 1.68. The Balaban J connectivity index is 1.57. The van der Waals surface area contributed by atoms with Crippen molar-refractivity contribution in [3.8, 4) is 0 Å². The van der Waals surface area contributed by atoms with Gasteiger partial charge in [-0.25, -0.2) is 18.6 Å². The number of esters is 1. The van der Waals surface area contributed by atoms with Gasteiger partial charge in [-0.3, -0.25) is 0 Å². The molecule has 5 aromatic rings. The number of rotatable bonds is 6. The Morgan fingerprint density at radius 2 is 1.41 bits per heavy atom. The van der Waals surface area contributed by atoms with Gasteiger partial charge < -0.3 is 9.30 Å². The molecule has 0 amide bonds. The molecule has 196 valence electrons. The summed E-state index contributed by atoms with van der Waals surface area (Å²) in [5.41, 5.74) is 4.79. The van der Waals surface area contributed by atoms with Gasteiger partial charge in [0.15, 0.2) is 0 Å². The van der Waals surface area contributed by atoms with Crippen LogP contribution in [0.25, 0.3) is 22.9 Å². The second-order valence-electron chi connectivity index (χ2n) is 10.4. The van der Waals surface area contributed by atoms with Crippen LogP contribution in [0.15, 0.2) is 97.1 Å². The number of hydrogen-bond donors (Lipinski definition) is 0. The maximum absolute atomic E-state index is 13.7. The number of hydrogen-bond acceptors (Lipinski definition) is 3. The smallest absolute Gasteiger partial charge is 0.343 e. The molecule has 4 aromatic carbocycles. The average Bonchev–Trinajstić information content (AvgIpc) is 3.25. The summed E-state index contributed by atoms with van der Waals surface area (Å²) in [6.45, 7) is 7.08. The lowest BCUT2D eigenvalue weighted by atomic mass is 9.87. The SMILES string of the molecule is CC(C)(C)c1ccc(Cn2c(C=C(OC(=O)c3ccc(F)cc3)c3ccc(F)cc3)nc3ccccc32)cc1. The highest BCUT2D eigenvalue weighted by Gasteiger charge is 2.17. The lowest BCUT2D eigenvalue weighted by molar-refractivity contribution is 0.0693. The minimum Gasteiger partial charge on any atom is -0.422 e. The number of benzene rings is 4. The highest BCUT2D eigenvalue weighted by molar-refractivity contribution is 5.95. The molecule has 4 nitrogen and oxygen atoms in total. The van der Waals surface area contributed by atoms with Gasteiger partial charge in [-0.05, 0) is 77.2 Å². The van der Waals surface area contributed by atoms with Gasteiger partial charge in [0, 0.05) is 18.2 Å². The van der Waals surface area contributed by atoms with Gasteiger partial charge in [-0.15, -0.1) is 0 Å². The van der Waals surface area contributed by atoms with E-state index < -0.39 is 17.6 Å². The minimum atomic E-state index is -0.661. The molecule has 0 spiro atoms. The van der Waals surface area contributed by atoms with Crippen LogP contribution in [0, 0.1) is 11.6 Å². The third-order valence-electron chi connectivity index (χ3n) is 6.52. The lowest BCUT2D eigenvalue weighted by Gasteiger charge is -2.19. The maximum atomic E-state index is 13.7. The van der Waals surface area contributed by atoms with Crippen LogP contribution in [0.5, 0.6) is 0 Å². The number of para-hydroxylation sites is 2. The summed E-state index contributed by atoms with van der Waals surface area (Å²) >= 11 is 0. The molecule has 0 fully saturated rings. The third kappa shape index (κ3) is 5.96. The Labute approximate surface area is 226 Å². The van der Waals surface area contributed by atoms with Gasteiger partial charge in [0.2, 0.25) is 0 Å². The van der Waals surface area contributed by atoms with Crippen LogP contribution in [0.4, 0.5) is 8.78 Å². The number of fused-ring (bicyclic) bond motifs is 1. The summed E-state index contributed by atoms with van der Waals surface area (Å²) < 4.78 is 34.9. The van der Waals surface area contributed by atoms with Crippen molar-refractivity contribution in [2.24, 2.45) is 0 Å². The summed E-state index contributed by atoms with van der Waals surface area (Å²) in [5, 5.41) is 0. The van der Waals surface area contributed by atoms with Gasteiger partial charge >= 0.3 is 5.97 Å². The number of carbonyl (C=O) groups is 1. The number of aromatic nitrogens is 2. The number of nitrogens with zero attached hydrogens (tertiary/aromatic N) is 2. The number of carbonyl (C=O) groups excluding carboxylic acids is 1. The molecule has 0 atom stereocenters. The zero-order chi connectivity index (χ0) is 27.6. The molecule has 0 aliphatic carbocycles. The van der Waals surface area contributed by atoms with Gasteiger partial charge in [0.1, 0.15) is 23.2 Å². The van der Waals surface area contributed by atoms with E-state index in [0.29, 0.717) is 17.9 Å². The molecule has 0 N–H and O–H groups in total. The van der Waals surface area contributed by atoms with Crippen molar-refractivity contribution in [1.29, 1.82) is 0 Å². The molecule has 0 unspecified atom stereocenters. The first kappa shape index (κ1) is 26.0. The molecule has 0 saturated heterocycles. The van der Waals surface area contributed by atoms with E-state index in [0.717, 1.165) is 16.6 Å². The van der Waals surface area contributed by atoms with Crippen LogP contribution in [-0.2, 0) is 16.7 Å². The molecule has 0 saturated carbocycles. The highest BCUT2D eigenvalue weighted by Crippen LogP contribution is 2.27. The van der Waals surface area contributed by atoms with E-state index in [4.69, 9.17) is 9.72 Å². The van der Waals surface area contributed by atoms with E-state index in [1.807, 2.05) is 24.3 Å². The largest absolute Gasteiger partial charge is 0.422 e. The van der Waals surface area contributed by atoms with Crippen molar-refractivity contribution < 1.29 is 18.3 Å². The van der Waals surface area contributed by atoms with E-state index in [-0.39, 0.29) is 16.7 Å².